The van der Waals surface area contributed by atoms with Gasteiger partial charge in [0.25, 0.3) is 11.5 Å². The van der Waals surface area contributed by atoms with Crippen molar-refractivity contribution in [2.24, 2.45) is 0 Å². The third-order valence-electron chi connectivity index (χ3n) is 5.07. The predicted molar refractivity (Wildman–Crippen MR) is 99.9 cm³/mol. The van der Waals surface area contributed by atoms with Crippen LogP contribution in [0.1, 0.15) is 28.8 Å². The fraction of sp³-hybridized carbons (Fsp3) is 0.150. The van der Waals surface area contributed by atoms with Crippen LogP contribution in [0.25, 0.3) is 16.6 Å². The SMILES string of the molecule is CC1CN(C(=O)c2cnn3c2[nH]c(=O)c2ccccc23)c2ccccc21. The van der Waals surface area contributed by atoms with Crippen LogP contribution in [0.3, 0.4) is 0 Å². The van der Waals surface area contributed by atoms with E-state index in [9.17, 15) is 9.59 Å². The molecule has 6 heteroatoms. The summed E-state index contributed by atoms with van der Waals surface area (Å²) in [4.78, 5) is 30.2. The van der Waals surface area contributed by atoms with E-state index in [1.807, 2.05) is 36.4 Å². The molecule has 5 rings (SSSR count). The van der Waals surface area contributed by atoms with Crippen molar-refractivity contribution in [3.05, 3.63) is 76.2 Å². The van der Waals surface area contributed by atoms with Crippen LogP contribution in [0.15, 0.2) is 59.5 Å². The maximum absolute atomic E-state index is 13.2. The zero-order valence-corrected chi connectivity index (χ0v) is 14.1. The monoisotopic (exact) mass is 344 g/mol. The Balaban J connectivity index is 1.69. The Morgan fingerprint density at radius 3 is 2.81 bits per heavy atom. The van der Waals surface area contributed by atoms with Gasteiger partial charge in [0.05, 0.1) is 17.1 Å². The first-order valence-corrected chi connectivity index (χ1v) is 8.54. The molecule has 0 fully saturated rings. The lowest BCUT2D eigenvalue weighted by molar-refractivity contribution is 0.0989. The van der Waals surface area contributed by atoms with Gasteiger partial charge in [0.15, 0.2) is 0 Å². The quantitative estimate of drug-likeness (QED) is 0.577. The normalized spacial score (nSPS) is 16.3. The van der Waals surface area contributed by atoms with Crippen LogP contribution in [-0.2, 0) is 0 Å². The Morgan fingerprint density at radius 2 is 1.92 bits per heavy atom. The van der Waals surface area contributed by atoms with Crippen LogP contribution in [0.4, 0.5) is 5.69 Å². The van der Waals surface area contributed by atoms with E-state index in [1.54, 1.807) is 15.5 Å². The molecule has 1 amide bonds. The second-order valence-electron chi connectivity index (χ2n) is 6.67. The number of amides is 1. The number of H-pyrrole nitrogens is 1. The first kappa shape index (κ1) is 14.9. The van der Waals surface area contributed by atoms with Gasteiger partial charge in [-0.05, 0) is 23.8 Å². The van der Waals surface area contributed by atoms with Crippen molar-refractivity contribution in [2.45, 2.75) is 12.8 Å². The van der Waals surface area contributed by atoms with E-state index in [-0.39, 0.29) is 17.4 Å². The highest BCUT2D eigenvalue weighted by molar-refractivity contribution is 6.11. The number of para-hydroxylation sites is 2. The van der Waals surface area contributed by atoms with Gasteiger partial charge < -0.3 is 9.88 Å². The molecule has 0 aliphatic carbocycles. The van der Waals surface area contributed by atoms with Crippen LogP contribution < -0.4 is 10.5 Å². The molecule has 0 radical (unpaired) electrons. The lowest BCUT2D eigenvalue weighted by Gasteiger charge is -2.16. The maximum Gasteiger partial charge on any atom is 0.263 e. The van der Waals surface area contributed by atoms with E-state index in [1.165, 1.54) is 6.20 Å². The molecule has 2 aromatic heterocycles. The van der Waals surface area contributed by atoms with Gasteiger partial charge in [-0.15, -0.1) is 0 Å². The number of carbonyl (C=O) groups excluding carboxylic acids is 1. The number of hydrogen-bond donors (Lipinski definition) is 1. The molecule has 1 aliphatic rings. The number of anilines is 1. The zero-order valence-electron chi connectivity index (χ0n) is 14.1. The van der Waals surface area contributed by atoms with E-state index < -0.39 is 0 Å². The second kappa shape index (κ2) is 5.29. The number of fused-ring (bicyclic) bond motifs is 4. The summed E-state index contributed by atoms with van der Waals surface area (Å²) >= 11 is 0. The summed E-state index contributed by atoms with van der Waals surface area (Å²) in [7, 11) is 0. The van der Waals surface area contributed by atoms with Crippen LogP contribution >= 0.6 is 0 Å². The molecule has 128 valence electrons. The van der Waals surface area contributed by atoms with Crippen molar-refractivity contribution >= 4 is 28.1 Å². The molecule has 2 aromatic carbocycles. The molecule has 1 aliphatic heterocycles. The minimum Gasteiger partial charge on any atom is -0.307 e. The highest BCUT2D eigenvalue weighted by Crippen LogP contribution is 2.36. The summed E-state index contributed by atoms with van der Waals surface area (Å²) in [5, 5.41) is 4.90. The van der Waals surface area contributed by atoms with Gasteiger partial charge >= 0.3 is 0 Å². The number of benzene rings is 2. The van der Waals surface area contributed by atoms with Gasteiger partial charge in [-0.25, -0.2) is 4.52 Å². The Kier molecular flexibility index (Phi) is 3.03. The van der Waals surface area contributed by atoms with Gasteiger partial charge in [-0.2, -0.15) is 5.10 Å². The molecule has 1 atom stereocenters. The first-order valence-electron chi connectivity index (χ1n) is 8.54. The van der Waals surface area contributed by atoms with Crippen molar-refractivity contribution in [3.63, 3.8) is 0 Å². The number of aromatic nitrogens is 3. The van der Waals surface area contributed by atoms with Crippen molar-refractivity contribution in [2.75, 3.05) is 11.4 Å². The Labute approximate surface area is 148 Å². The van der Waals surface area contributed by atoms with Crippen molar-refractivity contribution in [3.8, 4) is 0 Å². The van der Waals surface area contributed by atoms with Gasteiger partial charge in [0.1, 0.15) is 11.2 Å². The fourth-order valence-corrected chi connectivity index (χ4v) is 3.79. The number of aromatic amines is 1. The Hall–Kier alpha value is -3.41. The highest BCUT2D eigenvalue weighted by atomic mass is 16.2. The number of hydrogen-bond acceptors (Lipinski definition) is 3. The molecule has 0 saturated heterocycles. The Bertz CT molecular complexity index is 1240. The molecular weight excluding hydrogens is 328 g/mol. The van der Waals surface area contributed by atoms with Gasteiger partial charge in [0.2, 0.25) is 0 Å². The smallest absolute Gasteiger partial charge is 0.263 e. The third-order valence-corrected chi connectivity index (χ3v) is 5.07. The van der Waals surface area contributed by atoms with Crippen molar-refractivity contribution < 1.29 is 4.79 Å². The third kappa shape index (κ3) is 1.95. The van der Waals surface area contributed by atoms with Crippen LogP contribution in [0.2, 0.25) is 0 Å². The molecular formula is C20H16N4O2. The van der Waals surface area contributed by atoms with Gasteiger partial charge in [-0.1, -0.05) is 37.3 Å². The van der Waals surface area contributed by atoms with E-state index in [0.29, 0.717) is 28.7 Å². The number of carbonyl (C=O) groups is 1. The van der Waals surface area contributed by atoms with Gasteiger partial charge in [-0.3, -0.25) is 9.59 Å². The minimum atomic E-state index is -0.224. The standard InChI is InChI=1S/C20H16N4O2/c1-12-11-23(16-8-4-2-6-13(12)16)20(26)15-10-21-24-17-9-5-3-7-14(17)19(25)22-18(15)24/h2-10,12H,11H2,1H3,(H,22,25). The summed E-state index contributed by atoms with van der Waals surface area (Å²) in [6.45, 7) is 2.73. The van der Waals surface area contributed by atoms with Crippen LogP contribution in [0.5, 0.6) is 0 Å². The molecule has 0 saturated carbocycles. The molecule has 26 heavy (non-hydrogen) atoms. The molecule has 6 nitrogen and oxygen atoms in total. The van der Waals surface area contributed by atoms with E-state index in [2.05, 4.69) is 23.1 Å². The first-order chi connectivity index (χ1) is 12.6. The molecule has 0 bridgehead atoms. The van der Waals surface area contributed by atoms with Crippen molar-refractivity contribution in [1.82, 2.24) is 14.6 Å². The molecule has 4 aromatic rings. The lowest BCUT2D eigenvalue weighted by Crippen LogP contribution is -2.29. The second-order valence-corrected chi connectivity index (χ2v) is 6.67. The topological polar surface area (TPSA) is 70.5 Å². The fourth-order valence-electron chi connectivity index (χ4n) is 3.79. The summed E-state index contributed by atoms with van der Waals surface area (Å²) in [5.74, 6) is 0.125. The van der Waals surface area contributed by atoms with Gasteiger partial charge in [0, 0.05) is 18.2 Å². The number of nitrogens with one attached hydrogen (secondary N) is 1. The average molecular weight is 344 g/mol. The number of rotatable bonds is 1. The van der Waals surface area contributed by atoms with Crippen LogP contribution in [0, 0.1) is 0 Å². The maximum atomic E-state index is 13.2. The lowest BCUT2D eigenvalue weighted by atomic mass is 10.0. The van der Waals surface area contributed by atoms with E-state index in [4.69, 9.17) is 0 Å². The summed E-state index contributed by atoms with van der Waals surface area (Å²) in [5.41, 5.74) is 3.37. The largest absolute Gasteiger partial charge is 0.307 e. The molecule has 0 spiro atoms. The van der Waals surface area contributed by atoms with E-state index >= 15 is 0 Å². The highest BCUT2D eigenvalue weighted by Gasteiger charge is 2.31. The molecule has 1 unspecified atom stereocenters. The number of nitrogens with zero attached hydrogens (tertiary/aromatic N) is 3. The summed E-state index contributed by atoms with van der Waals surface area (Å²) < 4.78 is 1.62. The zero-order chi connectivity index (χ0) is 17.8. The minimum absolute atomic E-state index is 0.150. The predicted octanol–water partition coefficient (Wildman–Crippen LogP) is 2.94. The summed E-state index contributed by atoms with van der Waals surface area (Å²) in [6.07, 6.45) is 1.53. The van der Waals surface area contributed by atoms with E-state index in [0.717, 1.165) is 11.3 Å². The van der Waals surface area contributed by atoms with Crippen molar-refractivity contribution in [1.29, 1.82) is 0 Å². The molecule has 3 heterocycles. The average Bonchev–Trinajstić information content (AvgIpc) is 3.23. The Morgan fingerprint density at radius 1 is 1.15 bits per heavy atom. The van der Waals surface area contributed by atoms with Crippen LogP contribution in [-0.4, -0.2) is 27.0 Å². The summed E-state index contributed by atoms with van der Waals surface area (Å²) in [6, 6.07) is 15.2. The molecule has 1 N–H and O–H groups in total.